The average molecular weight is 267 g/mol. The molecule has 0 bridgehead atoms. The minimum absolute atomic E-state index is 0.145. The van der Waals surface area contributed by atoms with E-state index in [1.807, 2.05) is 31.2 Å². The Morgan fingerprint density at radius 3 is 2.40 bits per heavy atom. The first-order valence-corrected chi connectivity index (χ1v) is 6.47. The second-order valence-corrected chi connectivity index (χ2v) is 4.85. The van der Waals surface area contributed by atoms with E-state index >= 15 is 0 Å². The van der Waals surface area contributed by atoms with Gasteiger partial charge in [-0.25, -0.2) is 0 Å². The number of carbonyl (C=O) groups excluding carboxylic acids is 2. The molecule has 2 rings (SSSR count). The number of nitrogens with zero attached hydrogens (tertiary/aromatic N) is 1. The Morgan fingerprint density at radius 2 is 1.75 bits per heavy atom. The van der Waals surface area contributed by atoms with E-state index in [2.05, 4.69) is 0 Å². The summed E-state index contributed by atoms with van der Waals surface area (Å²) < 4.78 is 0. The van der Waals surface area contributed by atoms with Gasteiger partial charge in [-0.15, -0.1) is 0 Å². The fourth-order valence-electron chi connectivity index (χ4n) is 2.04. The molecule has 0 saturated carbocycles. The highest BCUT2D eigenvalue weighted by Gasteiger charge is 2.15. The van der Waals surface area contributed by atoms with Crippen molar-refractivity contribution in [2.24, 2.45) is 0 Å². The van der Waals surface area contributed by atoms with Crippen LogP contribution in [0.15, 0.2) is 48.5 Å². The van der Waals surface area contributed by atoms with Gasteiger partial charge < -0.3 is 4.90 Å². The predicted octanol–water partition coefficient (Wildman–Crippen LogP) is 3.08. The van der Waals surface area contributed by atoms with E-state index in [9.17, 15) is 9.59 Å². The zero-order valence-corrected chi connectivity index (χ0v) is 11.7. The summed E-state index contributed by atoms with van der Waals surface area (Å²) in [6, 6.07) is 14.9. The number of carbonyl (C=O) groups is 2. The number of aryl methyl sites for hydroxylation is 1. The lowest BCUT2D eigenvalue weighted by molar-refractivity contribution is 0.0782. The normalized spacial score (nSPS) is 10.1. The van der Waals surface area contributed by atoms with Gasteiger partial charge >= 0.3 is 0 Å². The third-order valence-corrected chi connectivity index (χ3v) is 3.21. The van der Waals surface area contributed by atoms with Crippen molar-refractivity contribution in [3.8, 4) is 0 Å². The molecule has 3 heteroatoms. The summed E-state index contributed by atoms with van der Waals surface area (Å²) in [6.45, 7) is 2.55. The molecule has 0 aromatic heterocycles. The molecule has 0 radical (unpaired) electrons. The second-order valence-electron chi connectivity index (χ2n) is 4.85. The standard InChI is InChI=1S/C17H17NO2/c1-13-7-9-14(10-8-13)11-18(2)17(20)16-6-4-3-5-15(16)12-19/h3-10,12H,11H2,1-2H3. The Kier molecular flexibility index (Phi) is 4.31. The molecule has 0 spiro atoms. The Hall–Kier alpha value is -2.42. The first-order valence-electron chi connectivity index (χ1n) is 6.47. The van der Waals surface area contributed by atoms with E-state index in [0.717, 1.165) is 5.56 Å². The van der Waals surface area contributed by atoms with Crippen LogP contribution in [0.4, 0.5) is 0 Å². The Morgan fingerprint density at radius 1 is 1.10 bits per heavy atom. The quantitative estimate of drug-likeness (QED) is 0.798. The number of hydrogen-bond acceptors (Lipinski definition) is 2. The first kappa shape index (κ1) is 14.0. The van der Waals surface area contributed by atoms with Crippen molar-refractivity contribution >= 4 is 12.2 Å². The van der Waals surface area contributed by atoms with Gasteiger partial charge in [-0.05, 0) is 18.6 Å². The summed E-state index contributed by atoms with van der Waals surface area (Å²) in [5, 5.41) is 0. The van der Waals surface area contributed by atoms with Crippen LogP contribution < -0.4 is 0 Å². The van der Waals surface area contributed by atoms with Gasteiger partial charge in [-0.1, -0.05) is 48.0 Å². The van der Waals surface area contributed by atoms with Gasteiger partial charge in [0, 0.05) is 19.2 Å². The monoisotopic (exact) mass is 267 g/mol. The van der Waals surface area contributed by atoms with Crippen molar-refractivity contribution in [1.82, 2.24) is 4.90 Å². The molecule has 2 aromatic rings. The number of rotatable bonds is 4. The highest BCUT2D eigenvalue weighted by atomic mass is 16.2. The fraction of sp³-hybridized carbons (Fsp3) is 0.176. The van der Waals surface area contributed by atoms with E-state index in [4.69, 9.17) is 0 Å². The summed E-state index contributed by atoms with van der Waals surface area (Å²) >= 11 is 0. The van der Waals surface area contributed by atoms with E-state index in [0.29, 0.717) is 24.0 Å². The van der Waals surface area contributed by atoms with Crippen LogP contribution in [0, 0.1) is 6.92 Å². The summed E-state index contributed by atoms with van der Waals surface area (Å²) in [5.74, 6) is -0.145. The number of amides is 1. The maximum Gasteiger partial charge on any atom is 0.254 e. The largest absolute Gasteiger partial charge is 0.337 e. The molecule has 0 atom stereocenters. The maximum atomic E-state index is 12.4. The van der Waals surface area contributed by atoms with Gasteiger partial charge in [0.1, 0.15) is 0 Å². The molecule has 0 saturated heterocycles. The summed E-state index contributed by atoms with van der Waals surface area (Å²) in [6.07, 6.45) is 0.715. The maximum absolute atomic E-state index is 12.4. The van der Waals surface area contributed by atoms with E-state index in [1.54, 1.807) is 36.2 Å². The van der Waals surface area contributed by atoms with Crippen LogP contribution in [0.3, 0.4) is 0 Å². The van der Waals surface area contributed by atoms with E-state index in [1.165, 1.54) is 5.56 Å². The molecule has 0 heterocycles. The number of aldehydes is 1. The van der Waals surface area contributed by atoms with Gasteiger partial charge in [-0.2, -0.15) is 0 Å². The highest BCUT2D eigenvalue weighted by Crippen LogP contribution is 2.12. The molecule has 1 amide bonds. The molecule has 0 aliphatic heterocycles. The van der Waals surface area contributed by atoms with Gasteiger partial charge in [0.05, 0.1) is 5.56 Å². The van der Waals surface area contributed by atoms with Gasteiger partial charge in [0.15, 0.2) is 6.29 Å². The van der Waals surface area contributed by atoms with Crippen LogP contribution in [0.2, 0.25) is 0 Å². The van der Waals surface area contributed by atoms with Crippen LogP contribution in [0.5, 0.6) is 0 Å². The summed E-state index contributed by atoms with van der Waals surface area (Å²) in [7, 11) is 1.74. The topological polar surface area (TPSA) is 37.4 Å². The van der Waals surface area contributed by atoms with Crippen molar-refractivity contribution in [2.45, 2.75) is 13.5 Å². The molecule has 0 aliphatic rings. The summed E-state index contributed by atoms with van der Waals surface area (Å²) in [4.78, 5) is 25.0. The van der Waals surface area contributed by atoms with Crippen LogP contribution in [-0.2, 0) is 6.54 Å². The van der Waals surface area contributed by atoms with Gasteiger partial charge in [-0.3, -0.25) is 9.59 Å². The number of benzene rings is 2. The van der Waals surface area contributed by atoms with Crippen LogP contribution >= 0.6 is 0 Å². The minimum Gasteiger partial charge on any atom is -0.337 e. The smallest absolute Gasteiger partial charge is 0.254 e. The van der Waals surface area contributed by atoms with Crippen molar-refractivity contribution in [3.05, 3.63) is 70.8 Å². The lowest BCUT2D eigenvalue weighted by atomic mass is 10.1. The summed E-state index contributed by atoms with van der Waals surface area (Å²) in [5.41, 5.74) is 3.12. The lowest BCUT2D eigenvalue weighted by Crippen LogP contribution is -2.27. The second kappa shape index (κ2) is 6.15. The molecule has 0 N–H and O–H groups in total. The number of hydrogen-bond donors (Lipinski definition) is 0. The van der Waals surface area contributed by atoms with Crippen molar-refractivity contribution < 1.29 is 9.59 Å². The lowest BCUT2D eigenvalue weighted by Gasteiger charge is -2.18. The molecule has 3 nitrogen and oxygen atoms in total. The molecule has 2 aromatic carbocycles. The third-order valence-electron chi connectivity index (χ3n) is 3.21. The van der Waals surface area contributed by atoms with Crippen molar-refractivity contribution in [3.63, 3.8) is 0 Å². The molecule has 0 aliphatic carbocycles. The molecule has 20 heavy (non-hydrogen) atoms. The molecule has 0 fully saturated rings. The van der Waals surface area contributed by atoms with Crippen LogP contribution in [-0.4, -0.2) is 24.1 Å². The molecule has 102 valence electrons. The molecule has 0 unspecified atom stereocenters. The zero-order chi connectivity index (χ0) is 14.5. The minimum atomic E-state index is -0.145. The predicted molar refractivity (Wildman–Crippen MR) is 78.8 cm³/mol. The van der Waals surface area contributed by atoms with Gasteiger partial charge in [0.2, 0.25) is 0 Å². The van der Waals surface area contributed by atoms with Gasteiger partial charge in [0.25, 0.3) is 5.91 Å². The molecular formula is C17H17NO2. The Balaban J connectivity index is 2.16. The zero-order valence-electron chi connectivity index (χ0n) is 11.7. The van der Waals surface area contributed by atoms with Crippen molar-refractivity contribution in [2.75, 3.05) is 7.05 Å². The Bertz CT molecular complexity index is 617. The van der Waals surface area contributed by atoms with Crippen LogP contribution in [0.1, 0.15) is 31.8 Å². The van der Waals surface area contributed by atoms with E-state index < -0.39 is 0 Å². The average Bonchev–Trinajstić information content (AvgIpc) is 2.48. The molecular weight excluding hydrogens is 250 g/mol. The van der Waals surface area contributed by atoms with E-state index in [-0.39, 0.29) is 5.91 Å². The van der Waals surface area contributed by atoms with Crippen LogP contribution in [0.25, 0.3) is 0 Å². The third kappa shape index (κ3) is 3.12. The SMILES string of the molecule is Cc1ccc(CN(C)C(=O)c2ccccc2C=O)cc1. The first-order chi connectivity index (χ1) is 9.61. The van der Waals surface area contributed by atoms with Crippen molar-refractivity contribution in [1.29, 1.82) is 0 Å². The Labute approximate surface area is 118 Å². The fourth-order valence-corrected chi connectivity index (χ4v) is 2.04. The highest BCUT2D eigenvalue weighted by molar-refractivity contribution is 6.01.